The van der Waals surface area contributed by atoms with Gasteiger partial charge in [0.1, 0.15) is 0 Å². The summed E-state index contributed by atoms with van der Waals surface area (Å²) in [5.41, 5.74) is 2.22. The van der Waals surface area contributed by atoms with Gasteiger partial charge in [0.25, 0.3) is 0 Å². The minimum atomic E-state index is 0.101. The van der Waals surface area contributed by atoms with Gasteiger partial charge in [-0.1, -0.05) is 32.1 Å². The highest BCUT2D eigenvalue weighted by Gasteiger charge is 2.22. The van der Waals surface area contributed by atoms with Crippen LogP contribution in [0.15, 0.2) is 35.6 Å². The Morgan fingerprint density at radius 3 is 2.86 bits per heavy atom. The highest BCUT2D eigenvalue weighted by Crippen LogP contribution is 2.31. The Morgan fingerprint density at radius 1 is 1.43 bits per heavy atom. The standard InChI is InChI=1S/C12H15NO/c1-3-12(2)6-4-9-8-11(14)13-10(9)5-7-12/h4-7H,3,8H2,1-2H3,(H,13,14). The molecule has 14 heavy (non-hydrogen) atoms. The smallest absolute Gasteiger partial charge is 0.228 e. The summed E-state index contributed by atoms with van der Waals surface area (Å²) in [7, 11) is 0. The zero-order valence-electron chi connectivity index (χ0n) is 8.63. The molecule has 0 aromatic heterocycles. The van der Waals surface area contributed by atoms with E-state index < -0.39 is 0 Å². The average molecular weight is 189 g/mol. The fraction of sp³-hybridized carbons (Fsp3) is 0.417. The highest BCUT2D eigenvalue weighted by molar-refractivity contribution is 5.86. The van der Waals surface area contributed by atoms with Crippen molar-refractivity contribution < 1.29 is 4.79 Å². The van der Waals surface area contributed by atoms with Gasteiger partial charge in [0.05, 0.1) is 6.42 Å². The third-order valence-electron chi connectivity index (χ3n) is 3.03. The number of carbonyl (C=O) groups excluding carboxylic acids is 1. The second kappa shape index (κ2) is 3.12. The summed E-state index contributed by atoms with van der Waals surface area (Å²) in [6, 6.07) is 0. The van der Waals surface area contributed by atoms with Gasteiger partial charge in [-0.2, -0.15) is 0 Å². The first-order valence-corrected chi connectivity index (χ1v) is 5.04. The molecule has 1 unspecified atom stereocenters. The predicted molar refractivity (Wildman–Crippen MR) is 56.5 cm³/mol. The van der Waals surface area contributed by atoms with Crippen molar-refractivity contribution in [3.63, 3.8) is 0 Å². The molecule has 0 saturated carbocycles. The Bertz CT molecular complexity index is 333. The van der Waals surface area contributed by atoms with Crippen LogP contribution in [0.3, 0.4) is 0 Å². The van der Waals surface area contributed by atoms with Gasteiger partial charge < -0.3 is 5.32 Å². The molecule has 0 bridgehead atoms. The van der Waals surface area contributed by atoms with E-state index in [-0.39, 0.29) is 11.3 Å². The van der Waals surface area contributed by atoms with Crippen molar-refractivity contribution in [1.29, 1.82) is 0 Å². The monoisotopic (exact) mass is 189 g/mol. The van der Waals surface area contributed by atoms with Crippen LogP contribution in [0.2, 0.25) is 0 Å². The average Bonchev–Trinajstić information content (AvgIpc) is 2.46. The minimum Gasteiger partial charge on any atom is -0.326 e. The third kappa shape index (κ3) is 1.52. The van der Waals surface area contributed by atoms with Crippen LogP contribution in [-0.4, -0.2) is 5.91 Å². The van der Waals surface area contributed by atoms with Gasteiger partial charge in [0.2, 0.25) is 5.91 Å². The van der Waals surface area contributed by atoms with E-state index in [2.05, 4.69) is 37.4 Å². The molecule has 2 heteroatoms. The molecule has 0 saturated heterocycles. The van der Waals surface area contributed by atoms with E-state index in [1.165, 1.54) is 0 Å². The molecule has 1 amide bonds. The van der Waals surface area contributed by atoms with E-state index in [9.17, 15) is 4.79 Å². The molecule has 1 atom stereocenters. The van der Waals surface area contributed by atoms with Crippen molar-refractivity contribution in [2.24, 2.45) is 5.41 Å². The normalized spacial score (nSPS) is 30.3. The topological polar surface area (TPSA) is 29.1 Å². The fourth-order valence-electron chi connectivity index (χ4n) is 1.70. The molecular weight excluding hydrogens is 174 g/mol. The van der Waals surface area contributed by atoms with Crippen LogP contribution in [0, 0.1) is 5.41 Å². The summed E-state index contributed by atoms with van der Waals surface area (Å²) in [5.74, 6) is 0.101. The molecule has 2 rings (SSSR count). The molecule has 0 aromatic rings. The maximum absolute atomic E-state index is 11.1. The van der Waals surface area contributed by atoms with Gasteiger partial charge in [-0.3, -0.25) is 4.79 Å². The second-order valence-corrected chi connectivity index (χ2v) is 4.19. The van der Waals surface area contributed by atoms with Crippen LogP contribution in [0.4, 0.5) is 0 Å². The Hall–Kier alpha value is -1.31. The Kier molecular flexibility index (Phi) is 2.06. The van der Waals surface area contributed by atoms with Gasteiger partial charge in [0, 0.05) is 11.1 Å². The number of carbonyl (C=O) groups is 1. The molecule has 1 aliphatic heterocycles. The lowest BCUT2D eigenvalue weighted by molar-refractivity contribution is -0.118. The molecule has 1 aliphatic carbocycles. The summed E-state index contributed by atoms with van der Waals surface area (Å²) in [6.07, 6.45) is 10.1. The number of rotatable bonds is 1. The number of hydrogen-bond acceptors (Lipinski definition) is 1. The van der Waals surface area contributed by atoms with E-state index in [0.717, 1.165) is 17.7 Å². The first-order chi connectivity index (χ1) is 6.63. The van der Waals surface area contributed by atoms with Crippen molar-refractivity contribution in [1.82, 2.24) is 5.32 Å². The molecule has 1 N–H and O–H groups in total. The molecule has 1 heterocycles. The molecule has 0 fully saturated rings. The summed E-state index contributed by atoms with van der Waals surface area (Å²) >= 11 is 0. The first kappa shape index (κ1) is 9.25. The largest absolute Gasteiger partial charge is 0.326 e. The SMILES string of the molecule is CCC1(C)C=CC2=C(C=C1)NC(=O)C2. The maximum atomic E-state index is 11.1. The summed E-state index contributed by atoms with van der Waals surface area (Å²) in [6.45, 7) is 4.37. The van der Waals surface area contributed by atoms with Crippen molar-refractivity contribution >= 4 is 5.91 Å². The van der Waals surface area contributed by atoms with E-state index in [0.29, 0.717) is 6.42 Å². The van der Waals surface area contributed by atoms with Gasteiger partial charge >= 0.3 is 0 Å². The quantitative estimate of drug-likeness (QED) is 0.673. The lowest BCUT2D eigenvalue weighted by Gasteiger charge is -2.18. The van der Waals surface area contributed by atoms with Crippen LogP contribution in [0.25, 0.3) is 0 Å². The summed E-state index contributed by atoms with van der Waals surface area (Å²) < 4.78 is 0. The van der Waals surface area contributed by atoms with Crippen LogP contribution in [0.5, 0.6) is 0 Å². The molecule has 0 radical (unpaired) electrons. The maximum Gasteiger partial charge on any atom is 0.228 e. The fourth-order valence-corrected chi connectivity index (χ4v) is 1.70. The lowest BCUT2D eigenvalue weighted by atomic mass is 9.87. The number of hydrogen-bond donors (Lipinski definition) is 1. The molecule has 0 aromatic carbocycles. The zero-order chi connectivity index (χ0) is 10.2. The minimum absolute atomic E-state index is 0.101. The van der Waals surface area contributed by atoms with Crippen LogP contribution in [-0.2, 0) is 4.79 Å². The van der Waals surface area contributed by atoms with Crippen molar-refractivity contribution in [3.8, 4) is 0 Å². The number of amides is 1. The molecule has 2 nitrogen and oxygen atoms in total. The van der Waals surface area contributed by atoms with Crippen molar-refractivity contribution in [2.75, 3.05) is 0 Å². The van der Waals surface area contributed by atoms with Crippen molar-refractivity contribution in [3.05, 3.63) is 35.6 Å². The van der Waals surface area contributed by atoms with Gasteiger partial charge in [-0.25, -0.2) is 0 Å². The van der Waals surface area contributed by atoms with Crippen LogP contribution < -0.4 is 5.32 Å². The second-order valence-electron chi connectivity index (χ2n) is 4.19. The van der Waals surface area contributed by atoms with E-state index in [1.807, 2.05) is 6.08 Å². The molecule has 74 valence electrons. The number of nitrogens with one attached hydrogen (secondary N) is 1. The highest BCUT2D eigenvalue weighted by atomic mass is 16.1. The molecule has 0 spiro atoms. The third-order valence-corrected chi connectivity index (χ3v) is 3.03. The molecular formula is C12H15NO. The summed E-state index contributed by atoms with van der Waals surface area (Å²) in [4.78, 5) is 11.1. The summed E-state index contributed by atoms with van der Waals surface area (Å²) in [5, 5.41) is 2.86. The van der Waals surface area contributed by atoms with Gasteiger partial charge in [-0.05, 0) is 18.1 Å². The van der Waals surface area contributed by atoms with E-state index >= 15 is 0 Å². The zero-order valence-corrected chi connectivity index (χ0v) is 8.63. The molecule has 2 aliphatic rings. The van der Waals surface area contributed by atoms with E-state index in [4.69, 9.17) is 0 Å². The van der Waals surface area contributed by atoms with Crippen LogP contribution >= 0.6 is 0 Å². The van der Waals surface area contributed by atoms with Gasteiger partial charge in [0.15, 0.2) is 0 Å². The number of allylic oxidation sites excluding steroid dienone is 4. The Morgan fingerprint density at radius 2 is 2.14 bits per heavy atom. The first-order valence-electron chi connectivity index (χ1n) is 5.04. The lowest BCUT2D eigenvalue weighted by Crippen LogP contribution is -2.14. The van der Waals surface area contributed by atoms with E-state index in [1.54, 1.807) is 0 Å². The van der Waals surface area contributed by atoms with Crippen molar-refractivity contribution in [2.45, 2.75) is 26.7 Å². The predicted octanol–water partition coefficient (Wildman–Crippen LogP) is 2.30. The van der Waals surface area contributed by atoms with Crippen LogP contribution in [0.1, 0.15) is 26.7 Å². The Balaban J connectivity index is 2.30. The van der Waals surface area contributed by atoms with Gasteiger partial charge in [-0.15, -0.1) is 0 Å². The Labute approximate surface area is 84.4 Å².